The Morgan fingerprint density at radius 3 is 2.47 bits per heavy atom. The van der Waals surface area contributed by atoms with Crippen molar-refractivity contribution >= 4 is 38.3 Å². The number of imidazole rings is 1. The van der Waals surface area contributed by atoms with Crippen molar-refractivity contribution in [1.82, 2.24) is 9.55 Å². The van der Waals surface area contributed by atoms with Crippen LogP contribution in [-0.2, 0) is 21.2 Å². The number of aryl methyl sites for hydroxylation is 2. The first-order valence-corrected chi connectivity index (χ1v) is 12.1. The van der Waals surface area contributed by atoms with Gasteiger partial charge < -0.3 is 5.32 Å². The van der Waals surface area contributed by atoms with Crippen molar-refractivity contribution in [2.24, 2.45) is 0 Å². The zero-order chi connectivity index (χ0) is 22.7. The number of nitrogens with zero attached hydrogens (tertiary/aromatic N) is 2. The molecule has 0 fully saturated rings. The van der Waals surface area contributed by atoms with Gasteiger partial charge in [-0.15, -0.1) is 0 Å². The normalized spacial score (nSPS) is 11.4. The second-order valence-corrected chi connectivity index (χ2v) is 9.39. The van der Waals surface area contributed by atoms with E-state index in [1.54, 1.807) is 25.1 Å². The zero-order valence-electron chi connectivity index (χ0n) is 17.9. The topological polar surface area (TPSA) is 93.1 Å². The van der Waals surface area contributed by atoms with E-state index in [4.69, 9.17) is 4.98 Å². The molecule has 1 aromatic heterocycles. The fourth-order valence-electron chi connectivity index (χ4n) is 3.57. The Morgan fingerprint density at radius 1 is 1.00 bits per heavy atom. The second kappa shape index (κ2) is 8.84. The standard InChI is InChI=1S/C24H24N4O3S/c1-17-12-13-18(16-21(17)27-32(2,30)31)25-24(29)15-14-23-26-20-10-6-7-11-22(20)28(23)19-8-4-3-5-9-19/h3-13,16,27H,14-15H2,1-2H3,(H,25,29). The molecule has 1 amide bonds. The summed E-state index contributed by atoms with van der Waals surface area (Å²) < 4.78 is 27.7. The van der Waals surface area contributed by atoms with Crippen LogP contribution in [-0.4, -0.2) is 30.1 Å². The van der Waals surface area contributed by atoms with Crippen molar-refractivity contribution in [3.8, 4) is 5.69 Å². The van der Waals surface area contributed by atoms with Crippen LogP contribution in [0.2, 0.25) is 0 Å². The van der Waals surface area contributed by atoms with Crippen LogP contribution in [0.1, 0.15) is 17.8 Å². The largest absolute Gasteiger partial charge is 0.326 e. The molecule has 0 aliphatic heterocycles. The Kier molecular flexibility index (Phi) is 5.96. The average Bonchev–Trinajstić information content (AvgIpc) is 3.13. The molecule has 3 aromatic carbocycles. The predicted molar refractivity (Wildman–Crippen MR) is 128 cm³/mol. The van der Waals surface area contributed by atoms with E-state index in [1.807, 2.05) is 54.6 Å². The molecule has 7 nitrogen and oxygen atoms in total. The molecule has 8 heteroatoms. The number of hydrogen-bond acceptors (Lipinski definition) is 4. The second-order valence-electron chi connectivity index (χ2n) is 7.64. The number of sulfonamides is 1. The number of hydrogen-bond donors (Lipinski definition) is 2. The number of nitrogens with one attached hydrogen (secondary N) is 2. The molecular weight excluding hydrogens is 424 g/mol. The summed E-state index contributed by atoms with van der Waals surface area (Å²) in [6.45, 7) is 1.80. The Bertz CT molecular complexity index is 1380. The summed E-state index contributed by atoms with van der Waals surface area (Å²) in [6.07, 6.45) is 1.78. The summed E-state index contributed by atoms with van der Waals surface area (Å²) >= 11 is 0. The maximum atomic E-state index is 12.6. The lowest BCUT2D eigenvalue weighted by Gasteiger charge is -2.12. The molecule has 0 saturated heterocycles. The minimum absolute atomic E-state index is 0.175. The van der Waals surface area contributed by atoms with Crippen LogP contribution in [0, 0.1) is 6.92 Å². The average molecular weight is 449 g/mol. The molecule has 0 bridgehead atoms. The number of amides is 1. The van der Waals surface area contributed by atoms with Crippen molar-refractivity contribution in [3.05, 3.63) is 84.2 Å². The highest BCUT2D eigenvalue weighted by molar-refractivity contribution is 7.92. The number of aromatic nitrogens is 2. The van der Waals surface area contributed by atoms with Gasteiger partial charge in [0.15, 0.2) is 0 Å². The van der Waals surface area contributed by atoms with Gasteiger partial charge >= 0.3 is 0 Å². The maximum Gasteiger partial charge on any atom is 0.229 e. The molecule has 0 saturated carbocycles. The number of carbonyl (C=O) groups is 1. The van der Waals surface area contributed by atoms with Gasteiger partial charge in [0.25, 0.3) is 0 Å². The molecule has 0 atom stereocenters. The third kappa shape index (κ3) is 4.97. The van der Waals surface area contributed by atoms with Crippen LogP contribution in [0.15, 0.2) is 72.8 Å². The van der Waals surface area contributed by atoms with E-state index in [0.717, 1.165) is 34.4 Å². The molecule has 4 rings (SSSR count). The molecule has 0 radical (unpaired) electrons. The molecule has 0 spiro atoms. The molecule has 4 aromatic rings. The number of para-hydroxylation sites is 3. The van der Waals surface area contributed by atoms with Crippen LogP contribution in [0.25, 0.3) is 16.7 Å². The van der Waals surface area contributed by atoms with Crippen molar-refractivity contribution in [3.63, 3.8) is 0 Å². The van der Waals surface area contributed by atoms with Crippen LogP contribution in [0.3, 0.4) is 0 Å². The van der Waals surface area contributed by atoms with Gasteiger partial charge in [-0.25, -0.2) is 13.4 Å². The molecule has 1 heterocycles. The van der Waals surface area contributed by atoms with Gasteiger partial charge in [-0.2, -0.15) is 0 Å². The van der Waals surface area contributed by atoms with Crippen molar-refractivity contribution in [1.29, 1.82) is 0 Å². The summed E-state index contributed by atoms with van der Waals surface area (Å²) in [5, 5.41) is 2.85. The smallest absolute Gasteiger partial charge is 0.229 e. The monoisotopic (exact) mass is 448 g/mol. The summed E-state index contributed by atoms with van der Waals surface area (Å²) in [7, 11) is -3.41. The molecule has 164 valence electrons. The van der Waals surface area contributed by atoms with Gasteiger partial charge in [0.05, 0.1) is 23.0 Å². The minimum Gasteiger partial charge on any atom is -0.326 e. The Hall–Kier alpha value is -3.65. The molecular formula is C24H24N4O3S. The quantitative estimate of drug-likeness (QED) is 0.441. The highest BCUT2D eigenvalue weighted by Crippen LogP contribution is 2.24. The highest BCUT2D eigenvalue weighted by Gasteiger charge is 2.14. The van der Waals surface area contributed by atoms with Crippen LogP contribution in [0.4, 0.5) is 11.4 Å². The van der Waals surface area contributed by atoms with Gasteiger partial charge in [0.2, 0.25) is 15.9 Å². The van der Waals surface area contributed by atoms with Crippen LogP contribution >= 0.6 is 0 Å². The highest BCUT2D eigenvalue weighted by atomic mass is 32.2. The number of rotatable bonds is 7. The molecule has 32 heavy (non-hydrogen) atoms. The van der Waals surface area contributed by atoms with E-state index >= 15 is 0 Å². The first-order valence-electron chi connectivity index (χ1n) is 10.2. The lowest BCUT2D eigenvalue weighted by atomic mass is 10.2. The van der Waals surface area contributed by atoms with E-state index in [0.29, 0.717) is 17.8 Å². The summed E-state index contributed by atoms with van der Waals surface area (Å²) in [5.74, 6) is 0.627. The van der Waals surface area contributed by atoms with Gasteiger partial charge in [0.1, 0.15) is 5.82 Å². The number of anilines is 2. The summed E-state index contributed by atoms with van der Waals surface area (Å²) in [5.41, 5.74) is 4.60. The summed E-state index contributed by atoms with van der Waals surface area (Å²) in [4.78, 5) is 17.4. The van der Waals surface area contributed by atoms with E-state index in [9.17, 15) is 13.2 Å². The van der Waals surface area contributed by atoms with Gasteiger partial charge in [-0.1, -0.05) is 36.4 Å². The first kappa shape index (κ1) is 21.6. The SMILES string of the molecule is Cc1ccc(NC(=O)CCc2nc3ccccc3n2-c2ccccc2)cc1NS(C)(=O)=O. The van der Waals surface area contributed by atoms with Crippen LogP contribution < -0.4 is 10.0 Å². The number of benzene rings is 3. The van der Waals surface area contributed by atoms with Gasteiger partial charge in [-0.05, 0) is 48.9 Å². The molecule has 0 unspecified atom stereocenters. The van der Waals surface area contributed by atoms with Crippen molar-refractivity contribution in [2.75, 3.05) is 16.3 Å². The zero-order valence-corrected chi connectivity index (χ0v) is 18.7. The lowest BCUT2D eigenvalue weighted by molar-refractivity contribution is -0.116. The van der Waals surface area contributed by atoms with Gasteiger partial charge in [-0.3, -0.25) is 14.1 Å². The number of carbonyl (C=O) groups excluding carboxylic acids is 1. The lowest BCUT2D eigenvalue weighted by Crippen LogP contribution is -2.15. The van der Waals surface area contributed by atoms with Crippen molar-refractivity contribution in [2.45, 2.75) is 19.8 Å². The van der Waals surface area contributed by atoms with E-state index < -0.39 is 10.0 Å². The third-order valence-electron chi connectivity index (χ3n) is 5.04. The number of fused-ring (bicyclic) bond motifs is 1. The Morgan fingerprint density at radius 2 is 1.72 bits per heavy atom. The third-order valence-corrected chi connectivity index (χ3v) is 5.63. The predicted octanol–water partition coefficient (Wildman–Crippen LogP) is 4.28. The van der Waals surface area contributed by atoms with Crippen LogP contribution in [0.5, 0.6) is 0 Å². The van der Waals surface area contributed by atoms with E-state index in [-0.39, 0.29) is 12.3 Å². The maximum absolute atomic E-state index is 12.6. The molecule has 0 aliphatic carbocycles. The van der Waals surface area contributed by atoms with Crippen molar-refractivity contribution < 1.29 is 13.2 Å². The van der Waals surface area contributed by atoms with Gasteiger partial charge in [0, 0.05) is 24.2 Å². The minimum atomic E-state index is -3.41. The Labute approximate surface area is 187 Å². The fourth-order valence-corrected chi connectivity index (χ4v) is 4.19. The molecule has 2 N–H and O–H groups in total. The van der Waals surface area contributed by atoms with E-state index in [1.165, 1.54) is 0 Å². The molecule has 0 aliphatic rings. The summed E-state index contributed by atoms with van der Waals surface area (Å²) in [6, 6.07) is 23.0. The first-order chi connectivity index (χ1) is 15.3. The fraction of sp³-hybridized carbons (Fsp3) is 0.167. The Balaban J connectivity index is 1.52. The van der Waals surface area contributed by atoms with E-state index in [2.05, 4.69) is 14.6 Å².